The molecular formula is C18H25N3O2S. The fourth-order valence-corrected chi connectivity index (χ4v) is 3.52. The van der Waals surface area contributed by atoms with Crippen LogP contribution in [-0.2, 0) is 4.79 Å². The highest BCUT2D eigenvalue weighted by Crippen LogP contribution is 2.34. The van der Waals surface area contributed by atoms with Crippen molar-refractivity contribution in [3.63, 3.8) is 0 Å². The van der Waals surface area contributed by atoms with Crippen LogP contribution in [0.3, 0.4) is 0 Å². The van der Waals surface area contributed by atoms with Gasteiger partial charge in [0.15, 0.2) is 5.11 Å². The van der Waals surface area contributed by atoms with Gasteiger partial charge in [0.05, 0.1) is 13.0 Å². The van der Waals surface area contributed by atoms with Gasteiger partial charge in [-0.25, -0.2) is 0 Å². The summed E-state index contributed by atoms with van der Waals surface area (Å²) in [6, 6.07) is 8.40. The Labute approximate surface area is 148 Å². The van der Waals surface area contributed by atoms with E-state index in [-0.39, 0.29) is 17.7 Å². The Balaban J connectivity index is 1.78. The predicted molar refractivity (Wildman–Crippen MR) is 98.2 cm³/mol. The zero-order valence-corrected chi connectivity index (χ0v) is 15.1. The van der Waals surface area contributed by atoms with Crippen molar-refractivity contribution in [1.29, 1.82) is 0 Å². The lowest BCUT2D eigenvalue weighted by molar-refractivity contribution is -0.125. The molecule has 1 aromatic carbocycles. The summed E-state index contributed by atoms with van der Waals surface area (Å²) in [7, 11) is 1.66. The average molecular weight is 347 g/mol. The van der Waals surface area contributed by atoms with Crippen molar-refractivity contribution in [2.75, 3.05) is 26.7 Å². The number of carbonyl (C=O) groups is 1. The van der Waals surface area contributed by atoms with Gasteiger partial charge in [-0.3, -0.25) is 4.79 Å². The van der Waals surface area contributed by atoms with Gasteiger partial charge in [-0.15, -0.1) is 0 Å². The van der Waals surface area contributed by atoms with E-state index in [1.165, 1.54) is 0 Å². The first-order valence-corrected chi connectivity index (χ1v) is 9.00. The van der Waals surface area contributed by atoms with Crippen LogP contribution >= 0.6 is 12.2 Å². The van der Waals surface area contributed by atoms with Crippen LogP contribution in [0.2, 0.25) is 0 Å². The molecule has 1 saturated carbocycles. The number of carbonyl (C=O) groups excluding carboxylic acids is 1. The molecule has 6 heteroatoms. The highest BCUT2D eigenvalue weighted by Gasteiger charge is 2.40. The SMILES string of the molecule is CCNC(=S)N1C[C@H](C(=O)NC2CC2)[C@@H](c2ccc(OC)cc2)C1. The number of hydrogen-bond acceptors (Lipinski definition) is 3. The lowest BCUT2D eigenvalue weighted by Crippen LogP contribution is -2.40. The smallest absolute Gasteiger partial charge is 0.225 e. The lowest BCUT2D eigenvalue weighted by Gasteiger charge is -2.19. The van der Waals surface area contributed by atoms with Crippen LogP contribution in [0.25, 0.3) is 0 Å². The molecule has 1 heterocycles. The molecule has 1 aliphatic heterocycles. The maximum atomic E-state index is 12.7. The van der Waals surface area contributed by atoms with Gasteiger partial charge < -0.3 is 20.3 Å². The molecule has 1 saturated heterocycles. The second kappa shape index (κ2) is 7.38. The Morgan fingerprint density at radius 3 is 2.58 bits per heavy atom. The van der Waals surface area contributed by atoms with Crippen LogP contribution in [0.4, 0.5) is 0 Å². The second-order valence-corrected chi connectivity index (χ2v) is 6.90. The summed E-state index contributed by atoms with van der Waals surface area (Å²) in [6.07, 6.45) is 2.20. The van der Waals surface area contributed by atoms with Crippen molar-refractivity contribution in [1.82, 2.24) is 15.5 Å². The highest BCUT2D eigenvalue weighted by molar-refractivity contribution is 7.80. The summed E-state index contributed by atoms with van der Waals surface area (Å²) in [4.78, 5) is 14.8. The Bertz CT molecular complexity index is 601. The van der Waals surface area contributed by atoms with Crippen LogP contribution in [0, 0.1) is 5.92 Å². The zero-order valence-electron chi connectivity index (χ0n) is 14.2. The lowest BCUT2D eigenvalue weighted by atomic mass is 9.88. The van der Waals surface area contributed by atoms with Crippen molar-refractivity contribution in [2.24, 2.45) is 5.92 Å². The van der Waals surface area contributed by atoms with Gasteiger partial charge in [0, 0.05) is 31.6 Å². The number of benzene rings is 1. The normalized spacial score (nSPS) is 23.0. The first-order chi connectivity index (χ1) is 11.6. The van der Waals surface area contributed by atoms with E-state index < -0.39 is 0 Å². The van der Waals surface area contributed by atoms with Crippen molar-refractivity contribution in [2.45, 2.75) is 31.7 Å². The molecule has 0 radical (unpaired) electrons. The number of nitrogens with zero attached hydrogens (tertiary/aromatic N) is 1. The summed E-state index contributed by atoms with van der Waals surface area (Å²) in [6.45, 7) is 4.25. The van der Waals surface area contributed by atoms with Crippen LogP contribution in [0.5, 0.6) is 5.75 Å². The molecule has 0 unspecified atom stereocenters. The number of hydrogen-bond donors (Lipinski definition) is 2. The maximum Gasteiger partial charge on any atom is 0.225 e. The van der Waals surface area contributed by atoms with Gasteiger partial charge >= 0.3 is 0 Å². The molecule has 1 aromatic rings. The third-order valence-corrected chi connectivity index (χ3v) is 5.14. The van der Waals surface area contributed by atoms with Crippen LogP contribution in [-0.4, -0.2) is 48.7 Å². The first kappa shape index (κ1) is 17.0. The van der Waals surface area contributed by atoms with Gasteiger partial charge in [0.1, 0.15) is 5.75 Å². The van der Waals surface area contributed by atoms with E-state index in [1.54, 1.807) is 7.11 Å². The molecule has 2 N–H and O–H groups in total. The number of likely N-dealkylation sites (tertiary alicyclic amines) is 1. The largest absolute Gasteiger partial charge is 0.497 e. The molecule has 5 nitrogen and oxygen atoms in total. The van der Waals surface area contributed by atoms with Crippen LogP contribution < -0.4 is 15.4 Å². The van der Waals surface area contributed by atoms with Gasteiger partial charge in [0.25, 0.3) is 0 Å². The average Bonchev–Trinajstić information content (AvgIpc) is 3.29. The Kier molecular flexibility index (Phi) is 5.23. The van der Waals surface area contributed by atoms with E-state index in [0.29, 0.717) is 12.6 Å². The fourth-order valence-electron chi connectivity index (χ4n) is 3.22. The molecule has 2 atom stereocenters. The number of methoxy groups -OCH3 is 1. The second-order valence-electron chi connectivity index (χ2n) is 6.51. The third-order valence-electron chi connectivity index (χ3n) is 4.74. The summed E-state index contributed by atoms with van der Waals surface area (Å²) in [5.74, 6) is 1.05. The molecule has 24 heavy (non-hydrogen) atoms. The van der Waals surface area contributed by atoms with Crippen molar-refractivity contribution in [3.8, 4) is 5.75 Å². The van der Waals surface area contributed by atoms with Gasteiger partial charge in [-0.2, -0.15) is 0 Å². The first-order valence-electron chi connectivity index (χ1n) is 8.59. The Hall–Kier alpha value is -1.82. The molecule has 2 aliphatic rings. The van der Waals surface area contributed by atoms with E-state index in [9.17, 15) is 4.79 Å². The molecule has 2 fully saturated rings. The van der Waals surface area contributed by atoms with E-state index in [1.807, 2.05) is 19.1 Å². The number of thiocarbonyl (C=S) groups is 1. The summed E-state index contributed by atoms with van der Waals surface area (Å²) in [5, 5.41) is 7.09. The fraction of sp³-hybridized carbons (Fsp3) is 0.556. The molecule has 0 aromatic heterocycles. The monoisotopic (exact) mass is 347 g/mol. The van der Waals surface area contributed by atoms with Crippen molar-refractivity contribution in [3.05, 3.63) is 29.8 Å². The summed E-state index contributed by atoms with van der Waals surface area (Å²) < 4.78 is 5.24. The quantitative estimate of drug-likeness (QED) is 0.797. The molecule has 3 rings (SSSR count). The number of ether oxygens (including phenoxy) is 1. The third kappa shape index (κ3) is 3.80. The summed E-state index contributed by atoms with van der Waals surface area (Å²) >= 11 is 5.46. The van der Waals surface area contributed by atoms with E-state index >= 15 is 0 Å². The number of rotatable bonds is 5. The molecular weight excluding hydrogens is 322 g/mol. The number of amides is 1. The molecule has 130 valence electrons. The molecule has 0 bridgehead atoms. The number of nitrogens with one attached hydrogen (secondary N) is 2. The van der Waals surface area contributed by atoms with Gasteiger partial charge in [-0.05, 0) is 49.7 Å². The Morgan fingerprint density at radius 2 is 2.00 bits per heavy atom. The van der Waals surface area contributed by atoms with Crippen LogP contribution in [0.15, 0.2) is 24.3 Å². The van der Waals surface area contributed by atoms with E-state index in [0.717, 1.165) is 42.4 Å². The minimum atomic E-state index is -0.0735. The van der Waals surface area contributed by atoms with Crippen molar-refractivity contribution < 1.29 is 9.53 Å². The molecule has 1 aliphatic carbocycles. The molecule has 1 amide bonds. The Morgan fingerprint density at radius 1 is 1.29 bits per heavy atom. The summed E-state index contributed by atoms with van der Waals surface area (Å²) in [5.41, 5.74) is 1.16. The highest BCUT2D eigenvalue weighted by atomic mass is 32.1. The van der Waals surface area contributed by atoms with Crippen LogP contribution in [0.1, 0.15) is 31.2 Å². The van der Waals surface area contributed by atoms with Gasteiger partial charge in [0.2, 0.25) is 5.91 Å². The molecule has 0 spiro atoms. The standard InChI is InChI=1S/C18H25N3O2S/c1-3-19-18(24)21-10-15(12-4-8-14(23-2)9-5-12)16(11-21)17(22)20-13-6-7-13/h4-5,8-9,13,15-16H,3,6-7,10-11H2,1-2H3,(H,19,24)(H,20,22)/t15-,16+/m1/s1. The predicted octanol–water partition coefficient (Wildman–Crippen LogP) is 1.88. The maximum absolute atomic E-state index is 12.7. The van der Waals surface area contributed by atoms with Gasteiger partial charge in [-0.1, -0.05) is 12.1 Å². The van der Waals surface area contributed by atoms with E-state index in [2.05, 4.69) is 27.7 Å². The minimum absolute atomic E-state index is 0.0735. The minimum Gasteiger partial charge on any atom is -0.497 e. The zero-order chi connectivity index (χ0) is 17.1. The topological polar surface area (TPSA) is 53.6 Å². The van der Waals surface area contributed by atoms with Crippen molar-refractivity contribution >= 4 is 23.2 Å². The van der Waals surface area contributed by atoms with E-state index in [4.69, 9.17) is 17.0 Å².